The molecule has 41 heavy (non-hydrogen) atoms. The minimum absolute atomic E-state index is 0.0625. The van der Waals surface area contributed by atoms with Gasteiger partial charge in [-0.15, -0.1) is 0 Å². The first-order valence-electron chi connectivity index (χ1n) is 13.4. The van der Waals surface area contributed by atoms with E-state index < -0.39 is 69.7 Å². The molecule has 4 atom stereocenters. The maximum absolute atomic E-state index is 14.2. The Labute approximate surface area is 236 Å². The van der Waals surface area contributed by atoms with Gasteiger partial charge in [-0.3, -0.25) is 29.0 Å². The number of aliphatic hydroxyl groups is 2. The molecule has 0 aliphatic heterocycles. The molecule has 12 heteroatoms. The quantitative estimate of drug-likeness (QED) is 0.291. The lowest BCUT2D eigenvalue weighted by Gasteiger charge is -2.51. The zero-order valence-corrected chi connectivity index (χ0v) is 23.3. The molecule has 4 aliphatic carbocycles. The van der Waals surface area contributed by atoms with Crippen LogP contribution >= 0.6 is 0 Å². The summed E-state index contributed by atoms with van der Waals surface area (Å²) in [5.74, 6) is -6.05. The van der Waals surface area contributed by atoms with E-state index in [0.29, 0.717) is 5.56 Å². The molecule has 0 saturated heterocycles. The van der Waals surface area contributed by atoms with Crippen molar-refractivity contribution in [3.05, 3.63) is 45.7 Å². The highest BCUT2D eigenvalue weighted by Crippen LogP contribution is 2.56. The van der Waals surface area contributed by atoms with Crippen LogP contribution < -0.4 is 5.73 Å². The van der Waals surface area contributed by atoms with Crippen molar-refractivity contribution < 1.29 is 44.0 Å². The van der Waals surface area contributed by atoms with Gasteiger partial charge >= 0.3 is 6.09 Å². The lowest BCUT2D eigenvalue weighted by atomic mass is 9.52. The summed E-state index contributed by atoms with van der Waals surface area (Å²) in [4.78, 5) is 68.4. The molecule has 1 aromatic carbocycles. The Morgan fingerprint density at radius 1 is 1.12 bits per heavy atom. The van der Waals surface area contributed by atoms with Gasteiger partial charge in [-0.25, -0.2) is 4.79 Å². The number of benzene rings is 1. The predicted octanol–water partition coefficient (Wildman–Crippen LogP) is 1.65. The molecule has 2 saturated carbocycles. The summed E-state index contributed by atoms with van der Waals surface area (Å²) in [5, 5.41) is 33.4. The Kier molecular flexibility index (Phi) is 6.72. The number of nitrogens with zero attached hydrogens (tertiary/aromatic N) is 2. The number of fused-ring (bicyclic) bond motifs is 3. The van der Waals surface area contributed by atoms with E-state index in [2.05, 4.69) is 0 Å². The molecule has 5 N–H and O–H groups in total. The number of hydrogen-bond acceptors (Lipinski definition) is 10. The average molecular weight is 568 g/mol. The van der Waals surface area contributed by atoms with Gasteiger partial charge < -0.3 is 25.8 Å². The molecule has 0 heterocycles. The molecule has 0 unspecified atom stereocenters. The highest BCUT2D eigenvalue weighted by molar-refractivity contribution is 6.24. The van der Waals surface area contributed by atoms with Gasteiger partial charge in [-0.2, -0.15) is 0 Å². The second kappa shape index (κ2) is 9.72. The fraction of sp³-hybridized carbons (Fsp3) is 0.483. The van der Waals surface area contributed by atoms with Crippen LogP contribution in [0.2, 0.25) is 0 Å². The first kappa shape index (κ1) is 28.3. The Morgan fingerprint density at radius 2 is 1.78 bits per heavy atom. The molecular formula is C29H33N3O9. The molecule has 2 amide bonds. The van der Waals surface area contributed by atoms with Crippen LogP contribution in [0.4, 0.5) is 4.79 Å². The molecular weight excluding hydrogens is 534 g/mol. The SMILES string of the molecule is COC(=O)N(CC(=O)c1ccc(O)c2c1C[C@H]1C[C@H]3[C@@H](N(C)C)C(=O)C(C(N)=O)=C(O)[C@@]3(C)C(=O)C1=C2O)C1CC1. The largest absolute Gasteiger partial charge is 0.510 e. The van der Waals surface area contributed by atoms with E-state index in [1.807, 2.05) is 0 Å². The van der Waals surface area contributed by atoms with Crippen LogP contribution in [0.1, 0.15) is 47.7 Å². The van der Waals surface area contributed by atoms with Crippen LogP contribution in [-0.2, 0) is 25.5 Å². The normalized spacial score (nSPS) is 27.3. The zero-order chi connectivity index (χ0) is 30.1. The minimum atomic E-state index is -1.75. The van der Waals surface area contributed by atoms with E-state index in [4.69, 9.17) is 10.5 Å². The number of likely N-dealkylation sites (N-methyl/N-ethyl adjacent to an activating group) is 1. The molecule has 2 fully saturated rings. The minimum Gasteiger partial charge on any atom is -0.510 e. The molecule has 0 spiro atoms. The molecule has 12 nitrogen and oxygen atoms in total. The Bertz CT molecular complexity index is 1470. The van der Waals surface area contributed by atoms with Gasteiger partial charge in [0.25, 0.3) is 5.91 Å². The van der Waals surface area contributed by atoms with Crippen LogP contribution in [0, 0.1) is 17.3 Å². The average Bonchev–Trinajstić information content (AvgIpc) is 3.74. The van der Waals surface area contributed by atoms with Gasteiger partial charge in [0.1, 0.15) is 22.8 Å². The highest BCUT2D eigenvalue weighted by atomic mass is 16.5. The van der Waals surface area contributed by atoms with Crippen molar-refractivity contribution in [1.82, 2.24) is 9.80 Å². The van der Waals surface area contributed by atoms with Crippen LogP contribution in [0.25, 0.3) is 5.76 Å². The summed E-state index contributed by atoms with van der Waals surface area (Å²) < 4.78 is 4.84. The Morgan fingerprint density at radius 3 is 2.34 bits per heavy atom. The van der Waals surface area contributed by atoms with Gasteiger partial charge in [0.05, 0.1) is 30.7 Å². The third-order valence-electron chi connectivity index (χ3n) is 9.08. The second-order valence-corrected chi connectivity index (χ2v) is 11.6. The van der Waals surface area contributed by atoms with Gasteiger partial charge in [-0.1, -0.05) is 0 Å². The topological polar surface area (TPSA) is 188 Å². The number of carbonyl (C=O) groups is 5. The number of methoxy groups -OCH3 is 1. The van der Waals surface area contributed by atoms with E-state index in [-0.39, 0.29) is 47.9 Å². The van der Waals surface area contributed by atoms with Crippen LogP contribution in [0.3, 0.4) is 0 Å². The highest BCUT2D eigenvalue weighted by Gasteiger charge is 2.62. The standard InChI is InChI=1S/C29H33N3O9/c1-29-16(22(31(2)3)24(36)21(26(29)38)27(30)39)10-12-9-15-14(18(34)11-32(13-5-6-13)28(40)41-4)7-8-17(33)20(15)23(35)19(12)25(29)37/h7-8,12-13,16,22,33,35,38H,5-6,9-11H2,1-4H3,(H2,30,39)/t12-,16-,22+,29+/m0/s1. The van der Waals surface area contributed by atoms with Crippen LogP contribution in [-0.4, -0.2) is 94.3 Å². The van der Waals surface area contributed by atoms with E-state index in [0.717, 1.165) is 12.8 Å². The van der Waals surface area contributed by atoms with E-state index in [9.17, 15) is 39.3 Å². The number of nitrogens with two attached hydrogens (primary N) is 1. The maximum atomic E-state index is 14.2. The molecule has 218 valence electrons. The smallest absolute Gasteiger partial charge is 0.410 e. The Hall–Kier alpha value is -4.19. The number of phenols is 1. The summed E-state index contributed by atoms with van der Waals surface area (Å²) in [7, 11) is 4.48. The third-order valence-corrected chi connectivity index (χ3v) is 9.08. The van der Waals surface area contributed by atoms with Gasteiger partial charge in [-0.05, 0) is 70.3 Å². The lowest BCUT2D eigenvalue weighted by molar-refractivity contribution is -0.139. The lowest BCUT2D eigenvalue weighted by Crippen LogP contribution is -2.60. The second-order valence-electron chi connectivity index (χ2n) is 11.6. The predicted molar refractivity (Wildman–Crippen MR) is 144 cm³/mol. The van der Waals surface area contributed by atoms with Crippen molar-refractivity contribution in [2.45, 2.75) is 44.7 Å². The number of primary amides is 1. The van der Waals surface area contributed by atoms with E-state index in [1.165, 1.54) is 31.1 Å². The third kappa shape index (κ3) is 4.11. The maximum Gasteiger partial charge on any atom is 0.410 e. The summed E-state index contributed by atoms with van der Waals surface area (Å²) in [6.45, 7) is 1.16. The number of carbonyl (C=O) groups excluding carboxylic acids is 5. The number of rotatable bonds is 6. The number of allylic oxidation sites excluding steroid dienone is 2. The van der Waals surface area contributed by atoms with Crippen molar-refractivity contribution >= 4 is 35.1 Å². The monoisotopic (exact) mass is 567 g/mol. The van der Waals surface area contributed by atoms with Crippen LogP contribution in [0.5, 0.6) is 5.75 Å². The molecule has 0 bridgehead atoms. The fourth-order valence-electron chi connectivity index (χ4n) is 6.89. The zero-order valence-electron chi connectivity index (χ0n) is 23.3. The molecule has 5 rings (SSSR count). The summed E-state index contributed by atoms with van der Waals surface area (Å²) >= 11 is 0. The number of aliphatic hydroxyl groups excluding tert-OH is 2. The molecule has 1 aromatic rings. The van der Waals surface area contributed by atoms with Crippen molar-refractivity contribution in [3.63, 3.8) is 0 Å². The number of hydrogen-bond donors (Lipinski definition) is 4. The number of ether oxygens (including phenoxy) is 1. The van der Waals surface area contributed by atoms with Crippen LogP contribution in [0.15, 0.2) is 29.0 Å². The Balaban J connectivity index is 1.63. The number of phenolic OH excluding ortho intramolecular Hbond substituents is 1. The molecule has 0 radical (unpaired) electrons. The summed E-state index contributed by atoms with van der Waals surface area (Å²) in [5.41, 5.74) is 3.40. The van der Waals surface area contributed by atoms with Crippen molar-refractivity contribution in [1.29, 1.82) is 0 Å². The number of ketones is 3. The van der Waals surface area contributed by atoms with Crippen molar-refractivity contribution in [2.75, 3.05) is 27.7 Å². The first-order chi connectivity index (χ1) is 19.2. The van der Waals surface area contributed by atoms with Gasteiger partial charge in [0, 0.05) is 23.1 Å². The van der Waals surface area contributed by atoms with Gasteiger partial charge in [0.15, 0.2) is 17.3 Å². The van der Waals surface area contributed by atoms with Gasteiger partial charge in [0.2, 0.25) is 0 Å². The van der Waals surface area contributed by atoms with Crippen molar-refractivity contribution in [2.24, 2.45) is 23.0 Å². The number of amides is 2. The molecule has 0 aromatic heterocycles. The summed E-state index contributed by atoms with van der Waals surface area (Å²) in [6.07, 6.45) is 1.09. The first-order valence-corrected chi connectivity index (χ1v) is 13.4. The number of Topliss-reactive ketones (excluding diaryl/α,β-unsaturated/α-hetero) is 3. The fourth-order valence-corrected chi connectivity index (χ4v) is 6.89. The van der Waals surface area contributed by atoms with Crippen molar-refractivity contribution in [3.8, 4) is 5.75 Å². The number of aromatic hydroxyl groups is 1. The van der Waals surface area contributed by atoms with E-state index in [1.54, 1.807) is 19.0 Å². The molecule has 4 aliphatic rings. The van der Waals surface area contributed by atoms with E-state index >= 15 is 0 Å². The summed E-state index contributed by atoms with van der Waals surface area (Å²) in [6, 6.07) is 1.59.